The molecule has 0 amide bonds. The molecular weight excluding hydrogens is 196 g/mol. The highest BCUT2D eigenvalue weighted by Gasteiger charge is 2.29. The van der Waals surface area contributed by atoms with Crippen LogP contribution in [0.3, 0.4) is 0 Å². The Morgan fingerprint density at radius 2 is 2.12 bits per heavy atom. The van der Waals surface area contributed by atoms with Gasteiger partial charge in [-0.25, -0.2) is 0 Å². The lowest BCUT2D eigenvalue weighted by Gasteiger charge is -2.36. The van der Waals surface area contributed by atoms with Crippen LogP contribution in [0, 0.1) is 6.92 Å². The molecule has 0 saturated carbocycles. The highest BCUT2D eigenvalue weighted by atomic mass is 15.0. The van der Waals surface area contributed by atoms with Crippen molar-refractivity contribution in [3.05, 3.63) is 35.4 Å². The molecule has 0 spiro atoms. The topological polar surface area (TPSA) is 38.0 Å². The van der Waals surface area contributed by atoms with Crippen molar-refractivity contribution in [1.29, 1.82) is 0 Å². The number of rotatable bonds is 2. The summed E-state index contributed by atoms with van der Waals surface area (Å²) in [5.74, 6) is 0.579. The number of piperidine rings is 1. The van der Waals surface area contributed by atoms with Crippen LogP contribution >= 0.6 is 0 Å². The molecule has 0 bridgehead atoms. The standard InChI is InChI=1S/C14H22N2/c1-3-14-13(8-11(15)9-16-14)12-7-5-4-6-10(12)2/h4-7,11,13-14,16H,3,8-9,15H2,1-2H3. The van der Waals surface area contributed by atoms with Crippen molar-refractivity contribution >= 4 is 0 Å². The summed E-state index contributed by atoms with van der Waals surface area (Å²) in [6, 6.07) is 9.57. The zero-order chi connectivity index (χ0) is 11.5. The van der Waals surface area contributed by atoms with Gasteiger partial charge >= 0.3 is 0 Å². The van der Waals surface area contributed by atoms with Gasteiger partial charge in [0.1, 0.15) is 0 Å². The lowest BCUT2D eigenvalue weighted by Crippen LogP contribution is -2.49. The Morgan fingerprint density at radius 1 is 1.38 bits per heavy atom. The van der Waals surface area contributed by atoms with Crippen molar-refractivity contribution in [2.45, 2.75) is 44.7 Å². The lowest BCUT2D eigenvalue weighted by molar-refractivity contribution is 0.313. The third-order valence-electron chi connectivity index (χ3n) is 3.71. The Balaban J connectivity index is 2.26. The maximum Gasteiger partial charge on any atom is 0.0171 e. The number of aryl methyl sites for hydroxylation is 1. The number of hydrogen-bond acceptors (Lipinski definition) is 2. The average molecular weight is 218 g/mol. The normalized spacial score (nSPS) is 30.3. The van der Waals surface area contributed by atoms with Crippen molar-refractivity contribution < 1.29 is 0 Å². The zero-order valence-electron chi connectivity index (χ0n) is 10.2. The Hall–Kier alpha value is -0.860. The summed E-state index contributed by atoms with van der Waals surface area (Å²) in [4.78, 5) is 0. The number of nitrogens with two attached hydrogens (primary N) is 1. The summed E-state index contributed by atoms with van der Waals surface area (Å²) >= 11 is 0. The second-order valence-corrected chi connectivity index (χ2v) is 4.88. The van der Waals surface area contributed by atoms with E-state index in [4.69, 9.17) is 5.73 Å². The Kier molecular flexibility index (Phi) is 3.62. The summed E-state index contributed by atoms with van der Waals surface area (Å²) in [7, 11) is 0. The fourth-order valence-corrected chi connectivity index (χ4v) is 2.79. The van der Waals surface area contributed by atoms with Crippen molar-refractivity contribution in [2.24, 2.45) is 5.73 Å². The second kappa shape index (κ2) is 4.98. The molecule has 88 valence electrons. The quantitative estimate of drug-likeness (QED) is 0.798. The molecule has 0 aromatic heterocycles. The first-order valence-electron chi connectivity index (χ1n) is 6.27. The fourth-order valence-electron chi connectivity index (χ4n) is 2.79. The van der Waals surface area contributed by atoms with Gasteiger partial charge in [-0.15, -0.1) is 0 Å². The summed E-state index contributed by atoms with van der Waals surface area (Å²) in [5, 5.41) is 3.57. The molecule has 1 aliphatic rings. The molecule has 0 aliphatic carbocycles. The van der Waals surface area contributed by atoms with E-state index < -0.39 is 0 Å². The summed E-state index contributed by atoms with van der Waals surface area (Å²) in [6.45, 7) is 5.41. The number of benzene rings is 1. The van der Waals surface area contributed by atoms with E-state index in [0.29, 0.717) is 18.0 Å². The van der Waals surface area contributed by atoms with Crippen LogP contribution in [-0.4, -0.2) is 18.6 Å². The molecule has 3 unspecified atom stereocenters. The molecule has 3 N–H and O–H groups in total. The number of nitrogens with one attached hydrogen (secondary N) is 1. The molecule has 1 aliphatic heterocycles. The van der Waals surface area contributed by atoms with Gasteiger partial charge in [-0.05, 0) is 30.9 Å². The lowest BCUT2D eigenvalue weighted by atomic mass is 9.80. The van der Waals surface area contributed by atoms with Crippen molar-refractivity contribution in [2.75, 3.05) is 6.54 Å². The molecule has 1 aromatic carbocycles. The predicted molar refractivity (Wildman–Crippen MR) is 68.6 cm³/mol. The molecule has 1 aromatic rings. The molecule has 2 heteroatoms. The van der Waals surface area contributed by atoms with Crippen LogP contribution in [0.25, 0.3) is 0 Å². The average Bonchev–Trinajstić information content (AvgIpc) is 2.29. The molecule has 2 rings (SSSR count). The monoisotopic (exact) mass is 218 g/mol. The van der Waals surface area contributed by atoms with Crippen LogP contribution in [0.15, 0.2) is 24.3 Å². The fraction of sp³-hybridized carbons (Fsp3) is 0.571. The van der Waals surface area contributed by atoms with Gasteiger partial charge in [0.15, 0.2) is 0 Å². The minimum atomic E-state index is 0.299. The third kappa shape index (κ3) is 2.28. The first-order valence-corrected chi connectivity index (χ1v) is 6.27. The molecular formula is C14H22N2. The molecule has 3 atom stereocenters. The van der Waals surface area contributed by atoms with Gasteiger partial charge in [0.25, 0.3) is 0 Å². The molecule has 16 heavy (non-hydrogen) atoms. The minimum Gasteiger partial charge on any atom is -0.327 e. The summed E-state index contributed by atoms with van der Waals surface area (Å²) in [6.07, 6.45) is 2.28. The van der Waals surface area contributed by atoms with Crippen LogP contribution in [0.1, 0.15) is 36.8 Å². The van der Waals surface area contributed by atoms with Gasteiger partial charge in [-0.1, -0.05) is 31.2 Å². The highest BCUT2D eigenvalue weighted by molar-refractivity contribution is 5.31. The van der Waals surface area contributed by atoms with Gasteiger partial charge in [0.2, 0.25) is 0 Å². The molecule has 2 nitrogen and oxygen atoms in total. The van der Waals surface area contributed by atoms with Crippen LogP contribution in [0.4, 0.5) is 0 Å². The van der Waals surface area contributed by atoms with E-state index in [2.05, 4.69) is 43.4 Å². The maximum atomic E-state index is 6.07. The first kappa shape index (κ1) is 11.6. The molecule has 1 saturated heterocycles. The van der Waals surface area contributed by atoms with Crippen LogP contribution < -0.4 is 11.1 Å². The SMILES string of the molecule is CCC1NCC(N)CC1c1ccccc1C. The van der Waals surface area contributed by atoms with Crippen molar-refractivity contribution in [3.63, 3.8) is 0 Å². The van der Waals surface area contributed by atoms with Gasteiger partial charge in [0, 0.05) is 24.5 Å². The van der Waals surface area contributed by atoms with Crippen LogP contribution in [0.2, 0.25) is 0 Å². The smallest absolute Gasteiger partial charge is 0.0171 e. The van der Waals surface area contributed by atoms with E-state index in [-0.39, 0.29) is 0 Å². The predicted octanol–water partition coefficient (Wildman–Crippen LogP) is 2.18. The summed E-state index contributed by atoms with van der Waals surface area (Å²) in [5.41, 5.74) is 8.93. The van der Waals surface area contributed by atoms with E-state index in [1.807, 2.05) is 0 Å². The van der Waals surface area contributed by atoms with Gasteiger partial charge in [-0.3, -0.25) is 0 Å². The second-order valence-electron chi connectivity index (χ2n) is 4.88. The molecule has 1 heterocycles. The Bertz CT molecular complexity index is 348. The molecule has 0 radical (unpaired) electrons. The largest absolute Gasteiger partial charge is 0.327 e. The maximum absolute atomic E-state index is 6.07. The van der Waals surface area contributed by atoms with E-state index in [1.165, 1.54) is 17.5 Å². The van der Waals surface area contributed by atoms with E-state index in [9.17, 15) is 0 Å². The van der Waals surface area contributed by atoms with Gasteiger partial charge < -0.3 is 11.1 Å². The van der Waals surface area contributed by atoms with Gasteiger partial charge in [0.05, 0.1) is 0 Å². The Labute approximate surface area is 98.2 Å². The zero-order valence-corrected chi connectivity index (χ0v) is 10.2. The van der Waals surface area contributed by atoms with Gasteiger partial charge in [-0.2, -0.15) is 0 Å². The van der Waals surface area contributed by atoms with Crippen molar-refractivity contribution in [3.8, 4) is 0 Å². The van der Waals surface area contributed by atoms with E-state index >= 15 is 0 Å². The van der Waals surface area contributed by atoms with Crippen LogP contribution in [-0.2, 0) is 0 Å². The van der Waals surface area contributed by atoms with E-state index in [1.54, 1.807) is 0 Å². The molecule has 1 fully saturated rings. The Morgan fingerprint density at radius 3 is 2.81 bits per heavy atom. The third-order valence-corrected chi connectivity index (χ3v) is 3.71. The van der Waals surface area contributed by atoms with Crippen LogP contribution in [0.5, 0.6) is 0 Å². The minimum absolute atomic E-state index is 0.299. The summed E-state index contributed by atoms with van der Waals surface area (Å²) < 4.78 is 0. The number of hydrogen-bond donors (Lipinski definition) is 2. The van der Waals surface area contributed by atoms with Crippen molar-refractivity contribution in [1.82, 2.24) is 5.32 Å². The first-order chi connectivity index (χ1) is 7.72. The highest BCUT2D eigenvalue weighted by Crippen LogP contribution is 2.31. The van der Waals surface area contributed by atoms with E-state index in [0.717, 1.165) is 13.0 Å².